The summed E-state index contributed by atoms with van der Waals surface area (Å²) in [6, 6.07) is 0. The minimum Gasteiger partial charge on any atom is -0.386 e. The van der Waals surface area contributed by atoms with Crippen molar-refractivity contribution in [2.45, 2.75) is 26.2 Å². The van der Waals surface area contributed by atoms with Crippen LogP contribution in [0.3, 0.4) is 0 Å². The van der Waals surface area contributed by atoms with E-state index >= 15 is 0 Å². The molecular formula is C10H10O3. The summed E-state index contributed by atoms with van der Waals surface area (Å²) >= 11 is 0. The van der Waals surface area contributed by atoms with E-state index in [1.807, 2.05) is 6.92 Å². The Hall–Kier alpha value is -1.56. The average molecular weight is 178 g/mol. The lowest BCUT2D eigenvalue weighted by Crippen LogP contribution is -2.01. The molecule has 0 fully saturated rings. The average Bonchev–Trinajstić information content (AvgIpc) is 2.39. The molecule has 68 valence electrons. The highest BCUT2D eigenvalue weighted by molar-refractivity contribution is 6.08. The summed E-state index contributed by atoms with van der Waals surface area (Å²) in [5, 5.41) is 0. The van der Waals surface area contributed by atoms with Gasteiger partial charge in [-0.05, 0) is 6.42 Å². The number of esters is 2. The second-order valence-electron chi connectivity index (χ2n) is 2.59. The molecule has 3 heteroatoms. The zero-order chi connectivity index (χ0) is 9.68. The number of ether oxygens (including phenoxy) is 1. The van der Waals surface area contributed by atoms with Crippen LogP contribution in [0.15, 0.2) is 11.6 Å². The summed E-state index contributed by atoms with van der Waals surface area (Å²) in [6.07, 6.45) is 3.14. The first-order chi connectivity index (χ1) is 6.24. The van der Waals surface area contributed by atoms with Gasteiger partial charge < -0.3 is 4.74 Å². The zero-order valence-corrected chi connectivity index (χ0v) is 7.42. The van der Waals surface area contributed by atoms with Crippen LogP contribution >= 0.6 is 0 Å². The normalized spacial score (nSPS) is 14.7. The number of cyclic esters (lactones) is 2. The Morgan fingerprint density at radius 1 is 1.38 bits per heavy atom. The maximum absolute atomic E-state index is 10.9. The standard InChI is InChI=1S/C10H10O3/c1-2-3-4-5-6-8-7-9(11)13-10(8)12/h7H,2,5-6H2,1H3. The van der Waals surface area contributed by atoms with Crippen molar-refractivity contribution in [2.75, 3.05) is 0 Å². The fourth-order valence-corrected chi connectivity index (χ4v) is 0.972. The second-order valence-corrected chi connectivity index (χ2v) is 2.59. The van der Waals surface area contributed by atoms with Crippen molar-refractivity contribution >= 4 is 11.9 Å². The van der Waals surface area contributed by atoms with Crippen molar-refractivity contribution in [3.05, 3.63) is 11.6 Å². The summed E-state index contributed by atoms with van der Waals surface area (Å²) in [4.78, 5) is 21.5. The Morgan fingerprint density at radius 2 is 2.15 bits per heavy atom. The van der Waals surface area contributed by atoms with Gasteiger partial charge in [0.2, 0.25) is 0 Å². The molecule has 3 nitrogen and oxygen atoms in total. The molecule has 1 heterocycles. The van der Waals surface area contributed by atoms with Crippen LogP contribution in [0.25, 0.3) is 0 Å². The van der Waals surface area contributed by atoms with Crippen molar-refractivity contribution in [2.24, 2.45) is 0 Å². The molecule has 1 aliphatic rings. The first-order valence-corrected chi connectivity index (χ1v) is 4.16. The van der Waals surface area contributed by atoms with Crippen LogP contribution in [0.5, 0.6) is 0 Å². The maximum Gasteiger partial charge on any atom is 0.342 e. The van der Waals surface area contributed by atoms with Gasteiger partial charge in [0.05, 0.1) is 0 Å². The number of carbonyl (C=O) groups excluding carboxylic acids is 2. The SMILES string of the molecule is CCC#CCCC1=CC(=O)OC1=O. The first kappa shape index (κ1) is 9.53. The first-order valence-electron chi connectivity index (χ1n) is 4.16. The van der Waals surface area contributed by atoms with Gasteiger partial charge in [-0.2, -0.15) is 0 Å². The molecule has 0 radical (unpaired) electrons. The highest BCUT2D eigenvalue weighted by Gasteiger charge is 2.22. The molecule has 0 unspecified atom stereocenters. The predicted octanol–water partition coefficient (Wildman–Crippen LogP) is 1.19. The lowest BCUT2D eigenvalue weighted by Gasteiger charge is -1.91. The highest BCUT2D eigenvalue weighted by Crippen LogP contribution is 2.13. The largest absolute Gasteiger partial charge is 0.386 e. The van der Waals surface area contributed by atoms with Gasteiger partial charge in [-0.25, -0.2) is 9.59 Å². The molecule has 0 bridgehead atoms. The molecule has 0 atom stereocenters. The summed E-state index contributed by atoms with van der Waals surface area (Å²) in [5.41, 5.74) is 0.426. The molecule has 0 spiro atoms. The third-order valence-corrected chi connectivity index (χ3v) is 1.57. The third kappa shape index (κ3) is 2.75. The summed E-state index contributed by atoms with van der Waals surface area (Å²) in [6.45, 7) is 1.96. The number of hydrogen-bond donors (Lipinski definition) is 0. The monoisotopic (exact) mass is 178 g/mol. The molecule has 0 N–H and O–H groups in total. The van der Waals surface area contributed by atoms with E-state index in [0.717, 1.165) is 6.42 Å². The molecule has 0 aromatic rings. The maximum atomic E-state index is 10.9. The Kier molecular flexibility index (Phi) is 3.27. The van der Waals surface area contributed by atoms with E-state index in [9.17, 15) is 9.59 Å². The molecule has 0 aromatic carbocycles. The fraction of sp³-hybridized carbons (Fsp3) is 0.400. The highest BCUT2D eigenvalue weighted by atomic mass is 16.6. The van der Waals surface area contributed by atoms with Crippen LogP contribution in [-0.2, 0) is 14.3 Å². The minimum atomic E-state index is -0.566. The van der Waals surface area contributed by atoms with Crippen LogP contribution < -0.4 is 0 Å². The van der Waals surface area contributed by atoms with Gasteiger partial charge in [-0.3, -0.25) is 0 Å². The van der Waals surface area contributed by atoms with Crippen LogP contribution in [0, 0.1) is 11.8 Å². The topological polar surface area (TPSA) is 43.4 Å². The fourth-order valence-electron chi connectivity index (χ4n) is 0.972. The van der Waals surface area contributed by atoms with Crippen LogP contribution in [0.1, 0.15) is 26.2 Å². The summed E-state index contributed by atoms with van der Waals surface area (Å²) in [5.74, 6) is 4.68. The molecule has 13 heavy (non-hydrogen) atoms. The van der Waals surface area contributed by atoms with E-state index < -0.39 is 11.9 Å². The number of carbonyl (C=O) groups is 2. The molecule has 0 aromatic heterocycles. The van der Waals surface area contributed by atoms with Gasteiger partial charge in [0.1, 0.15) is 0 Å². The summed E-state index contributed by atoms with van der Waals surface area (Å²) < 4.78 is 4.31. The van der Waals surface area contributed by atoms with Gasteiger partial charge in [-0.1, -0.05) is 6.92 Å². The van der Waals surface area contributed by atoms with Gasteiger partial charge in [0.25, 0.3) is 0 Å². The van der Waals surface area contributed by atoms with Crippen molar-refractivity contribution in [3.8, 4) is 11.8 Å². The molecular weight excluding hydrogens is 168 g/mol. The lowest BCUT2D eigenvalue weighted by atomic mass is 10.1. The van der Waals surface area contributed by atoms with E-state index in [1.54, 1.807) is 0 Å². The Labute approximate surface area is 76.8 Å². The molecule has 0 saturated carbocycles. The van der Waals surface area contributed by atoms with Crippen LogP contribution in [0.4, 0.5) is 0 Å². The van der Waals surface area contributed by atoms with Crippen LogP contribution in [-0.4, -0.2) is 11.9 Å². The van der Waals surface area contributed by atoms with E-state index in [1.165, 1.54) is 6.08 Å². The van der Waals surface area contributed by atoms with Crippen molar-refractivity contribution in [1.29, 1.82) is 0 Å². The van der Waals surface area contributed by atoms with E-state index in [4.69, 9.17) is 0 Å². The molecule has 1 rings (SSSR count). The molecule has 1 aliphatic heterocycles. The third-order valence-electron chi connectivity index (χ3n) is 1.57. The second kappa shape index (κ2) is 4.46. The van der Waals surface area contributed by atoms with Crippen LogP contribution in [0.2, 0.25) is 0 Å². The number of rotatable bonds is 2. The summed E-state index contributed by atoms with van der Waals surface area (Å²) in [7, 11) is 0. The Morgan fingerprint density at radius 3 is 2.69 bits per heavy atom. The Bertz CT molecular complexity index is 315. The van der Waals surface area contributed by atoms with Gasteiger partial charge in [0.15, 0.2) is 0 Å². The minimum absolute atomic E-state index is 0.426. The molecule has 0 amide bonds. The predicted molar refractivity (Wildman–Crippen MR) is 46.5 cm³/mol. The van der Waals surface area contributed by atoms with Crippen molar-refractivity contribution < 1.29 is 14.3 Å². The molecule has 0 aliphatic carbocycles. The van der Waals surface area contributed by atoms with Gasteiger partial charge in [-0.15, -0.1) is 11.8 Å². The van der Waals surface area contributed by atoms with Gasteiger partial charge in [0, 0.05) is 24.5 Å². The quantitative estimate of drug-likeness (QED) is 0.362. The Balaban J connectivity index is 2.41. The number of hydrogen-bond acceptors (Lipinski definition) is 3. The van der Waals surface area contributed by atoms with Crippen molar-refractivity contribution in [3.63, 3.8) is 0 Å². The van der Waals surface area contributed by atoms with E-state index in [2.05, 4.69) is 16.6 Å². The lowest BCUT2D eigenvalue weighted by molar-refractivity contribution is -0.150. The smallest absolute Gasteiger partial charge is 0.342 e. The van der Waals surface area contributed by atoms with E-state index in [0.29, 0.717) is 18.4 Å². The molecule has 0 saturated heterocycles. The van der Waals surface area contributed by atoms with E-state index in [-0.39, 0.29) is 0 Å². The zero-order valence-electron chi connectivity index (χ0n) is 7.42. The van der Waals surface area contributed by atoms with Gasteiger partial charge >= 0.3 is 11.9 Å². The van der Waals surface area contributed by atoms with Crippen molar-refractivity contribution in [1.82, 2.24) is 0 Å².